The number of likely N-dealkylation sites (N-methyl/N-ethyl adjacent to an activating group) is 1. The predicted molar refractivity (Wildman–Crippen MR) is 83.9 cm³/mol. The molecule has 0 radical (unpaired) electrons. The third kappa shape index (κ3) is 2.63. The lowest BCUT2D eigenvalue weighted by Crippen LogP contribution is -2.50. The molecule has 0 bridgehead atoms. The monoisotopic (exact) mass is 320 g/mol. The second-order valence-corrected chi connectivity index (χ2v) is 6.74. The van der Waals surface area contributed by atoms with Gasteiger partial charge in [-0.3, -0.25) is 14.5 Å². The number of aromatic nitrogens is 1. The fraction of sp³-hybridized carbons (Fsp3) is 0.688. The summed E-state index contributed by atoms with van der Waals surface area (Å²) in [5.41, 5.74) is 0.531. The molecule has 3 heterocycles. The lowest BCUT2D eigenvalue weighted by molar-refractivity contribution is -0.126. The Morgan fingerprint density at radius 2 is 2.13 bits per heavy atom. The van der Waals surface area contributed by atoms with Crippen LogP contribution in [0.3, 0.4) is 0 Å². The molecule has 126 valence electrons. The molecular formula is C16H24N4O3. The summed E-state index contributed by atoms with van der Waals surface area (Å²) >= 11 is 0. The van der Waals surface area contributed by atoms with Crippen molar-refractivity contribution in [1.29, 1.82) is 0 Å². The molecule has 3 rings (SSSR count). The summed E-state index contributed by atoms with van der Waals surface area (Å²) in [4.78, 5) is 28.9. The fourth-order valence-electron chi connectivity index (χ4n) is 4.06. The first-order valence-electron chi connectivity index (χ1n) is 8.13. The zero-order valence-corrected chi connectivity index (χ0v) is 14.1. The van der Waals surface area contributed by atoms with E-state index in [0.29, 0.717) is 30.3 Å². The average molecular weight is 320 g/mol. The van der Waals surface area contributed by atoms with E-state index in [1.54, 1.807) is 14.0 Å². The third-order valence-electron chi connectivity index (χ3n) is 5.09. The van der Waals surface area contributed by atoms with Gasteiger partial charge >= 0.3 is 0 Å². The average Bonchev–Trinajstić information content (AvgIpc) is 3.18. The number of rotatable bonds is 3. The number of amides is 2. The Morgan fingerprint density at radius 1 is 1.39 bits per heavy atom. The Morgan fingerprint density at radius 3 is 2.70 bits per heavy atom. The molecule has 1 N–H and O–H groups in total. The number of carbonyl (C=O) groups is 2. The molecule has 2 saturated heterocycles. The topological polar surface area (TPSA) is 78.7 Å². The zero-order valence-electron chi connectivity index (χ0n) is 14.1. The second-order valence-electron chi connectivity index (χ2n) is 6.74. The summed E-state index contributed by atoms with van der Waals surface area (Å²) in [5, 5.41) is 6.45. The van der Waals surface area contributed by atoms with Crippen molar-refractivity contribution in [3.63, 3.8) is 0 Å². The maximum atomic E-state index is 12.6. The molecule has 0 aromatic carbocycles. The third-order valence-corrected chi connectivity index (χ3v) is 5.09. The number of aryl methyl sites for hydroxylation is 1. The number of hydrogen-bond acceptors (Lipinski definition) is 5. The van der Waals surface area contributed by atoms with E-state index >= 15 is 0 Å². The van der Waals surface area contributed by atoms with E-state index in [-0.39, 0.29) is 29.9 Å². The van der Waals surface area contributed by atoms with Crippen molar-refractivity contribution in [1.82, 2.24) is 20.3 Å². The summed E-state index contributed by atoms with van der Waals surface area (Å²) in [6.45, 7) is 7.30. The Labute approximate surface area is 136 Å². The van der Waals surface area contributed by atoms with Gasteiger partial charge in [0, 0.05) is 32.2 Å². The van der Waals surface area contributed by atoms with Crippen molar-refractivity contribution in [2.24, 2.45) is 5.92 Å². The highest BCUT2D eigenvalue weighted by molar-refractivity contribution is 5.95. The van der Waals surface area contributed by atoms with Crippen molar-refractivity contribution in [2.45, 2.75) is 45.3 Å². The molecule has 7 nitrogen and oxygen atoms in total. The lowest BCUT2D eigenvalue weighted by atomic mass is 10.0. The first-order chi connectivity index (χ1) is 10.9. The summed E-state index contributed by atoms with van der Waals surface area (Å²) in [7, 11) is 1.68. The molecule has 7 heteroatoms. The van der Waals surface area contributed by atoms with Gasteiger partial charge in [-0.15, -0.1) is 0 Å². The summed E-state index contributed by atoms with van der Waals surface area (Å²) in [6, 6.07) is 0.408. The van der Waals surface area contributed by atoms with E-state index in [0.717, 1.165) is 6.42 Å². The molecule has 3 atom stereocenters. The Balaban J connectivity index is 1.76. The van der Waals surface area contributed by atoms with Gasteiger partial charge in [0.25, 0.3) is 5.91 Å². The van der Waals surface area contributed by atoms with Crippen molar-refractivity contribution >= 4 is 11.8 Å². The molecule has 0 unspecified atom stereocenters. The van der Waals surface area contributed by atoms with Crippen LogP contribution in [0, 0.1) is 12.8 Å². The van der Waals surface area contributed by atoms with Crippen LogP contribution in [0.5, 0.6) is 0 Å². The second kappa shape index (κ2) is 5.96. The van der Waals surface area contributed by atoms with Crippen molar-refractivity contribution < 1.29 is 14.1 Å². The molecule has 2 fully saturated rings. The van der Waals surface area contributed by atoms with E-state index in [4.69, 9.17) is 4.52 Å². The van der Waals surface area contributed by atoms with Crippen LogP contribution in [0.4, 0.5) is 0 Å². The van der Waals surface area contributed by atoms with Gasteiger partial charge in [0.15, 0.2) is 0 Å². The van der Waals surface area contributed by atoms with E-state index in [1.165, 1.54) is 6.20 Å². The molecule has 2 amide bonds. The molecular weight excluding hydrogens is 296 g/mol. The number of nitrogens with one attached hydrogen (secondary N) is 1. The maximum Gasteiger partial charge on any atom is 0.259 e. The number of carbonyl (C=O) groups excluding carboxylic acids is 2. The van der Waals surface area contributed by atoms with Gasteiger partial charge in [-0.05, 0) is 33.1 Å². The van der Waals surface area contributed by atoms with Gasteiger partial charge < -0.3 is 14.7 Å². The Bertz CT molecular complexity index is 612. The normalized spacial score (nSPS) is 27.5. The molecule has 0 spiro atoms. The quantitative estimate of drug-likeness (QED) is 0.885. The van der Waals surface area contributed by atoms with Crippen molar-refractivity contribution in [2.75, 3.05) is 20.1 Å². The standard InChI is InChI=1S/C16H24N4O3/c1-9(2)20-13(15(21)17-4)5-11-7-19(8-14(11)20)16(22)12-6-18-23-10(12)3/h6,9,11,13-14H,5,7-8H2,1-4H3,(H,17,21)/t11-,13-,14+/m0/s1. The Hall–Kier alpha value is -1.89. The number of nitrogens with zero attached hydrogens (tertiary/aromatic N) is 3. The van der Waals surface area contributed by atoms with Crippen LogP contribution in [-0.2, 0) is 4.79 Å². The molecule has 1 aromatic heterocycles. The van der Waals surface area contributed by atoms with Gasteiger partial charge in [-0.2, -0.15) is 0 Å². The number of fused-ring (bicyclic) bond motifs is 1. The largest absolute Gasteiger partial charge is 0.361 e. The first-order valence-corrected chi connectivity index (χ1v) is 8.13. The van der Waals surface area contributed by atoms with Crippen LogP contribution >= 0.6 is 0 Å². The highest BCUT2D eigenvalue weighted by Crippen LogP contribution is 2.37. The van der Waals surface area contributed by atoms with Crippen LogP contribution < -0.4 is 5.32 Å². The minimum atomic E-state index is -0.0930. The predicted octanol–water partition coefficient (Wildman–Crippen LogP) is 0.652. The SMILES string of the molecule is CNC(=O)[C@@H]1C[C@H]2CN(C(=O)c3cnoc3C)C[C@H]2N1C(C)C. The van der Waals surface area contributed by atoms with Crippen LogP contribution in [0.1, 0.15) is 36.4 Å². The van der Waals surface area contributed by atoms with Crippen molar-refractivity contribution in [3.05, 3.63) is 17.5 Å². The van der Waals surface area contributed by atoms with E-state index in [2.05, 4.69) is 29.2 Å². The maximum absolute atomic E-state index is 12.6. The number of hydrogen-bond donors (Lipinski definition) is 1. The number of likely N-dealkylation sites (tertiary alicyclic amines) is 2. The molecule has 2 aliphatic heterocycles. The van der Waals surface area contributed by atoms with Crippen LogP contribution in [0.25, 0.3) is 0 Å². The van der Waals surface area contributed by atoms with E-state index in [1.807, 2.05) is 4.90 Å². The minimum absolute atomic E-state index is 0.0293. The molecule has 0 saturated carbocycles. The van der Waals surface area contributed by atoms with Crippen LogP contribution in [0.15, 0.2) is 10.7 Å². The van der Waals surface area contributed by atoms with Crippen molar-refractivity contribution in [3.8, 4) is 0 Å². The van der Waals surface area contributed by atoms with Gasteiger partial charge in [-0.25, -0.2) is 0 Å². The molecule has 2 aliphatic rings. The molecule has 0 aliphatic carbocycles. The highest BCUT2D eigenvalue weighted by atomic mass is 16.5. The van der Waals surface area contributed by atoms with E-state index in [9.17, 15) is 9.59 Å². The van der Waals surface area contributed by atoms with Crippen LogP contribution in [0.2, 0.25) is 0 Å². The molecule has 1 aromatic rings. The van der Waals surface area contributed by atoms with Gasteiger partial charge in [0.05, 0.1) is 12.2 Å². The smallest absolute Gasteiger partial charge is 0.259 e. The lowest BCUT2D eigenvalue weighted by Gasteiger charge is -2.33. The van der Waals surface area contributed by atoms with Gasteiger partial charge in [-0.1, -0.05) is 5.16 Å². The zero-order chi connectivity index (χ0) is 16.7. The van der Waals surface area contributed by atoms with Gasteiger partial charge in [0.2, 0.25) is 5.91 Å². The summed E-state index contributed by atoms with van der Waals surface area (Å²) in [6.07, 6.45) is 2.29. The van der Waals surface area contributed by atoms with Gasteiger partial charge in [0.1, 0.15) is 11.3 Å². The summed E-state index contributed by atoms with van der Waals surface area (Å²) in [5.74, 6) is 0.930. The first kappa shape index (κ1) is 16.0. The van der Waals surface area contributed by atoms with Crippen LogP contribution in [-0.4, -0.2) is 65.0 Å². The minimum Gasteiger partial charge on any atom is -0.361 e. The molecule has 23 heavy (non-hydrogen) atoms. The fourth-order valence-corrected chi connectivity index (χ4v) is 4.06. The summed E-state index contributed by atoms with van der Waals surface area (Å²) < 4.78 is 5.00. The van der Waals surface area contributed by atoms with E-state index < -0.39 is 0 Å². The highest BCUT2D eigenvalue weighted by Gasteiger charge is 2.50. The Kier molecular flexibility index (Phi) is 4.14.